The molecule has 52 heavy (non-hydrogen) atoms. The molecule has 0 spiro atoms. The zero-order valence-electron chi connectivity index (χ0n) is 28.1. The van der Waals surface area contributed by atoms with Crippen molar-refractivity contribution in [3.8, 4) is 33.9 Å². The highest BCUT2D eigenvalue weighted by Gasteiger charge is 2.21. The predicted molar refractivity (Wildman–Crippen MR) is 217 cm³/mol. The molecule has 3 aromatic heterocycles. The summed E-state index contributed by atoms with van der Waals surface area (Å²) in [6.45, 7) is 0. The van der Waals surface area contributed by atoms with Crippen molar-refractivity contribution in [3.63, 3.8) is 0 Å². The van der Waals surface area contributed by atoms with Crippen molar-refractivity contribution in [1.82, 2.24) is 19.1 Å². The molecule has 0 unspecified atom stereocenters. The van der Waals surface area contributed by atoms with Crippen LogP contribution < -0.4 is 0 Å². The molecule has 0 bridgehead atoms. The van der Waals surface area contributed by atoms with Gasteiger partial charge in [-0.3, -0.25) is 0 Å². The Morgan fingerprint density at radius 1 is 0.346 bits per heavy atom. The lowest BCUT2D eigenvalue weighted by Crippen LogP contribution is -1.97. The summed E-state index contributed by atoms with van der Waals surface area (Å²) in [5, 5.41) is 7.24. The number of aromatic nitrogens is 4. The Balaban J connectivity index is 1.16. The van der Waals surface area contributed by atoms with E-state index >= 15 is 0 Å². The second-order valence-corrected chi connectivity index (χ2v) is 13.4. The second-order valence-electron chi connectivity index (χ2n) is 13.4. The fraction of sp³-hybridized carbons (Fsp3) is 0. The zero-order valence-corrected chi connectivity index (χ0v) is 28.1. The minimum absolute atomic E-state index is 0.882. The maximum Gasteiger partial charge on any atom is 0.0973 e. The van der Waals surface area contributed by atoms with E-state index in [-0.39, 0.29) is 0 Å². The van der Waals surface area contributed by atoms with Crippen molar-refractivity contribution >= 4 is 65.4 Å². The van der Waals surface area contributed by atoms with Gasteiger partial charge in [-0.2, -0.15) is 0 Å². The quantitative estimate of drug-likeness (QED) is 0.176. The molecule has 8 aromatic carbocycles. The molecule has 0 saturated heterocycles. The fourth-order valence-electron chi connectivity index (χ4n) is 8.22. The van der Waals surface area contributed by atoms with Gasteiger partial charge in [-0.1, -0.05) is 127 Å². The Morgan fingerprint density at radius 3 is 1.48 bits per heavy atom. The molecule has 0 aliphatic heterocycles. The Labute approximate surface area is 299 Å². The minimum Gasteiger partial charge on any atom is -0.309 e. The molecule has 0 aliphatic carbocycles. The smallest absolute Gasteiger partial charge is 0.0973 e. The normalized spacial score (nSPS) is 11.8. The molecule has 4 nitrogen and oxygen atoms in total. The van der Waals surface area contributed by atoms with Crippen LogP contribution in [0.25, 0.3) is 99.3 Å². The zero-order chi connectivity index (χ0) is 34.2. The first-order valence-corrected chi connectivity index (χ1v) is 17.7. The summed E-state index contributed by atoms with van der Waals surface area (Å²) >= 11 is 0. The third-order valence-corrected chi connectivity index (χ3v) is 10.5. The summed E-state index contributed by atoms with van der Waals surface area (Å²) in [6.07, 6.45) is 0. The van der Waals surface area contributed by atoms with Gasteiger partial charge in [-0.05, 0) is 60.0 Å². The van der Waals surface area contributed by atoms with Gasteiger partial charge in [0.15, 0.2) is 0 Å². The van der Waals surface area contributed by atoms with E-state index < -0.39 is 0 Å². The van der Waals surface area contributed by atoms with Gasteiger partial charge in [0, 0.05) is 49.4 Å². The Kier molecular flexibility index (Phi) is 6.22. The van der Waals surface area contributed by atoms with Crippen LogP contribution in [0.1, 0.15) is 0 Å². The lowest BCUT2D eigenvalue weighted by Gasteiger charge is -2.13. The van der Waals surface area contributed by atoms with Gasteiger partial charge in [0.05, 0.1) is 44.5 Å². The molecule has 0 atom stereocenters. The van der Waals surface area contributed by atoms with Gasteiger partial charge < -0.3 is 9.13 Å². The highest BCUT2D eigenvalue weighted by Crippen LogP contribution is 2.43. The van der Waals surface area contributed by atoms with Crippen molar-refractivity contribution < 1.29 is 0 Å². The van der Waals surface area contributed by atoms with Crippen LogP contribution in [-0.2, 0) is 0 Å². The second kappa shape index (κ2) is 11.2. The fourth-order valence-corrected chi connectivity index (χ4v) is 8.22. The van der Waals surface area contributed by atoms with Crippen molar-refractivity contribution in [2.75, 3.05) is 0 Å². The Hall–Kier alpha value is -7.04. The summed E-state index contributed by atoms with van der Waals surface area (Å²) in [5.74, 6) is 0. The molecule has 0 fully saturated rings. The molecule has 3 heterocycles. The number of fused-ring (bicyclic) bond motifs is 10. The molecular weight excluding hydrogens is 633 g/mol. The first-order chi connectivity index (χ1) is 25.8. The molecule has 0 N–H and O–H groups in total. The van der Waals surface area contributed by atoms with Crippen LogP contribution in [0.3, 0.4) is 0 Å². The van der Waals surface area contributed by atoms with Crippen molar-refractivity contribution in [2.45, 2.75) is 0 Å². The third-order valence-electron chi connectivity index (χ3n) is 10.5. The van der Waals surface area contributed by atoms with Crippen LogP contribution >= 0.6 is 0 Å². The van der Waals surface area contributed by atoms with E-state index in [0.29, 0.717) is 0 Å². The van der Waals surface area contributed by atoms with E-state index in [4.69, 9.17) is 9.97 Å². The van der Waals surface area contributed by atoms with Gasteiger partial charge in [0.25, 0.3) is 0 Å². The largest absolute Gasteiger partial charge is 0.309 e. The molecular formula is C48H30N4. The molecule has 11 aromatic rings. The summed E-state index contributed by atoms with van der Waals surface area (Å²) in [4.78, 5) is 10.6. The van der Waals surface area contributed by atoms with Gasteiger partial charge in [0.1, 0.15) is 0 Å². The predicted octanol–water partition coefficient (Wildman–Crippen LogP) is 12.3. The molecule has 0 radical (unpaired) electrons. The minimum atomic E-state index is 0.882. The number of nitrogens with zero attached hydrogens (tertiary/aromatic N) is 4. The molecule has 0 saturated carbocycles. The average Bonchev–Trinajstić information content (AvgIpc) is 3.74. The summed E-state index contributed by atoms with van der Waals surface area (Å²) in [7, 11) is 0. The van der Waals surface area contributed by atoms with Gasteiger partial charge in [-0.25, -0.2) is 9.97 Å². The molecule has 0 amide bonds. The van der Waals surface area contributed by atoms with Crippen molar-refractivity contribution in [1.29, 1.82) is 0 Å². The number of hydrogen-bond donors (Lipinski definition) is 0. The Morgan fingerprint density at radius 2 is 0.865 bits per heavy atom. The first kappa shape index (κ1) is 28.8. The molecule has 4 heteroatoms. The third kappa shape index (κ3) is 4.21. The monoisotopic (exact) mass is 662 g/mol. The van der Waals surface area contributed by atoms with E-state index in [1.54, 1.807) is 0 Å². The van der Waals surface area contributed by atoms with Crippen LogP contribution in [0.2, 0.25) is 0 Å². The molecule has 242 valence electrons. The van der Waals surface area contributed by atoms with Crippen LogP contribution in [0.5, 0.6) is 0 Å². The highest BCUT2D eigenvalue weighted by atomic mass is 15.0. The standard InChI is InChI=1S/C48H30N4/c1-4-14-31(15-5-1)46-47(32-16-6-2-7-17-32)50-48-36-26-25-35(30-33(36)24-27-39(48)49-46)52-41-23-13-11-21-38(41)45-43(52)29-28-42-44(45)37-20-10-12-22-40(37)51(42)34-18-8-3-9-19-34/h1-30H. The number of rotatable bonds is 4. The average molecular weight is 663 g/mol. The SMILES string of the molecule is c1ccc(-c2nc3ccc4cc(-n5c6ccccc6c6c7c8ccccc8n(-c8ccccc8)c7ccc65)ccc4c3nc2-c2ccccc2)cc1. The highest BCUT2D eigenvalue weighted by molar-refractivity contribution is 6.29. The Bertz CT molecular complexity index is 3160. The summed E-state index contributed by atoms with van der Waals surface area (Å²) in [6, 6.07) is 64.6. The van der Waals surface area contributed by atoms with Gasteiger partial charge >= 0.3 is 0 Å². The van der Waals surface area contributed by atoms with Crippen molar-refractivity contribution in [3.05, 3.63) is 182 Å². The van der Waals surface area contributed by atoms with Crippen LogP contribution in [0.4, 0.5) is 0 Å². The lowest BCUT2D eigenvalue weighted by atomic mass is 10.0. The maximum atomic E-state index is 5.36. The van der Waals surface area contributed by atoms with E-state index in [9.17, 15) is 0 Å². The van der Waals surface area contributed by atoms with Crippen LogP contribution in [0, 0.1) is 0 Å². The number of hydrogen-bond acceptors (Lipinski definition) is 2. The van der Waals surface area contributed by atoms with E-state index in [1.165, 1.54) is 43.6 Å². The maximum absolute atomic E-state index is 5.36. The molecule has 11 rings (SSSR count). The van der Waals surface area contributed by atoms with Crippen molar-refractivity contribution in [2.24, 2.45) is 0 Å². The van der Waals surface area contributed by atoms with Gasteiger partial charge in [-0.15, -0.1) is 0 Å². The number of benzene rings is 8. The number of para-hydroxylation sites is 3. The lowest BCUT2D eigenvalue weighted by molar-refractivity contribution is 1.17. The van der Waals surface area contributed by atoms with E-state index in [2.05, 4.69) is 179 Å². The van der Waals surface area contributed by atoms with Gasteiger partial charge in [0.2, 0.25) is 0 Å². The summed E-state index contributed by atoms with van der Waals surface area (Å²) < 4.78 is 4.81. The molecule has 0 aliphatic rings. The summed E-state index contributed by atoms with van der Waals surface area (Å²) in [5.41, 5.74) is 12.7. The van der Waals surface area contributed by atoms with E-state index in [0.717, 1.165) is 55.7 Å². The van der Waals surface area contributed by atoms with Crippen LogP contribution in [-0.4, -0.2) is 19.1 Å². The van der Waals surface area contributed by atoms with Crippen LogP contribution in [0.15, 0.2) is 182 Å². The topological polar surface area (TPSA) is 35.6 Å². The first-order valence-electron chi connectivity index (χ1n) is 17.7. The van der Waals surface area contributed by atoms with E-state index in [1.807, 2.05) is 12.1 Å².